The zero-order valence-electron chi connectivity index (χ0n) is 24.0. The zero-order valence-corrected chi connectivity index (χ0v) is 24.0. The normalized spacial score (nSPS) is 23.8. The number of nitrogens with zero attached hydrogens (tertiary/aromatic N) is 1. The Morgan fingerprint density at radius 3 is 2.17 bits per heavy atom. The van der Waals surface area contributed by atoms with Crippen LogP contribution in [0, 0.1) is 5.92 Å². The van der Waals surface area contributed by atoms with Crippen LogP contribution in [0.2, 0.25) is 0 Å². The molecule has 3 aromatic carbocycles. The van der Waals surface area contributed by atoms with Crippen molar-refractivity contribution in [3.63, 3.8) is 0 Å². The van der Waals surface area contributed by atoms with Crippen molar-refractivity contribution in [2.24, 2.45) is 5.92 Å². The summed E-state index contributed by atoms with van der Waals surface area (Å²) in [7, 11) is 0. The van der Waals surface area contributed by atoms with Gasteiger partial charge in [0, 0.05) is 30.3 Å². The van der Waals surface area contributed by atoms with E-state index in [2.05, 4.69) is 34.6 Å². The first kappa shape index (κ1) is 29.3. The predicted molar refractivity (Wildman–Crippen MR) is 161 cm³/mol. The maximum absolute atomic E-state index is 12.4. The fourth-order valence-electron chi connectivity index (χ4n) is 5.76. The van der Waals surface area contributed by atoms with Crippen molar-refractivity contribution in [2.45, 2.75) is 70.7 Å². The second-order valence-electron chi connectivity index (χ2n) is 11.3. The van der Waals surface area contributed by atoms with E-state index < -0.39 is 6.29 Å². The molecule has 41 heavy (non-hydrogen) atoms. The number of anilines is 1. The molecule has 3 aromatic rings. The highest BCUT2D eigenvalue weighted by molar-refractivity contribution is 5.89. The minimum Gasteiger partial charge on any atom is -0.392 e. The molecule has 5 rings (SSSR count). The SMILES string of the molecule is C[C@@H]1[C@H](CN2CCCCCCC2)O[C@H](c2ccc(NC(=O)NCc3ccccc3)cc2)O[C@@H]1c1ccc(CO)cc1. The summed E-state index contributed by atoms with van der Waals surface area (Å²) in [4.78, 5) is 15.0. The number of ether oxygens (including phenoxy) is 2. The smallest absolute Gasteiger partial charge is 0.319 e. The van der Waals surface area contributed by atoms with Crippen molar-refractivity contribution < 1.29 is 19.4 Å². The minimum absolute atomic E-state index is 0.0114. The first-order valence-electron chi connectivity index (χ1n) is 15.0. The van der Waals surface area contributed by atoms with Gasteiger partial charge in [-0.3, -0.25) is 0 Å². The van der Waals surface area contributed by atoms with E-state index in [1.165, 1.54) is 32.1 Å². The van der Waals surface area contributed by atoms with E-state index in [1.807, 2.05) is 66.7 Å². The van der Waals surface area contributed by atoms with E-state index in [-0.39, 0.29) is 30.8 Å². The van der Waals surface area contributed by atoms with Crippen molar-refractivity contribution in [3.8, 4) is 0 Å². The van der Waals surface area contributed by atoms with Gasteiger partial charge in [0.2, 0.25) is 0 Å². The lowest BCUT2D eigenvalue weighted by Gasteiger charge is -2.43. The molecule has 218 valence electrons. The Labute approximate surface area is 243 Å². The standard InChI is InChI=1S/C34H43N3O4/c1-25-31(23-37-20-8-3-2-4-9-21-37)40-33(41-32(25)28-14-12-27(24-38)13-15-28)29-16-18-30(19-17-29)36-34(39)35-22-26-10-6-5-7-11-26/h5-7,10-19,25,31-33,38H,2-4,8-9,20-24H2,1H3,(H2,35,36,39)/t25-,31+,32+,33+/m1/s1. The number of benzene rings is 3. The number of carbonyl (C=O) groups is 1. The van der Waals surface area contributed by atoms with Crippen LogP contribution in [0.15, 0.2) is 78.9 Å². The van der Waals surface area contributed by atoms with Gasteiger partial charge >= 0.3 is 6.03 Å². The van der Waals surface area contributed by atoms with Gasteiger partial charge in [-0.2, -0.15) is 0 Å². The summed E-state index contributed by atoms with van der Waals surface area (Å²) in [5.41, 5.74) is 4.65. The Kier molecular flexibility index (Phi) is 10.4. The van der Waals surface area contributed by atoms with Gasteiger partial charge in [-0.1, -0.05) is 92.9 Å². The molecule has 2 amide bonds. The highest BCUT2D eigenvalue weighted by Crippen LogP contribution is 2.42. The number of nitrogens with one attached hydrogen (secondary N) is 2. The average Bonchev–Trinajstić information content (AvgIpc) is 2.99. The number of aliphatic hydroxyl groups is 1. The molecule has 2 fully saturated rings. The Balaban J connectivity index is 1.27. The van der Waals surface area contributed by atoms with Crippen LogP contribution in [-0.2, 0) is 22.6 Å². The fraction of sp³-hybridized carbons (Fsp3) is 0.441. The molecule has 3 N–H and O–H groups in total. The highest BCUT2D eigenvalue weighted by atomic mass is 16.7. The fourth-order valence-corrected chi connectivity index (χ4v) is 5.76. The van der Waals surface area contributed by atoms with E-state index in [1.54, 1.807) is 0 Å². The van der Waals surface area contributed by atoms with Crippen molar-refractivity contribution in [1.29, 1.82) is 0 Å². The highest BCUT2D eigenvalue weighted by Gasteiger charge is 2.39. The van der Waals surface area contributed by atoms with E-state index in [0.717, 1.165) is 41.9 Å². The lowest BCUT2D eigenvalue weighted by atomic mass is 9.89. The van der Waals surface area contributed by atoms with Crippen LogP contribution >= 0.6 is 0 Å². The number of likely N-dealkylation sites (tertiary alicyclic amines) is 1. The lowest BCUT2D eigenvalue weighted by Crippen LogP contribution is -2.45. The lowest BCUT2D eigenvalue weighted by molar-refractivity contribution is -0.276. The summed E-state index contributed by atoms with van der Waals surface area (Å²) >= 11 is 0. The van der Waals surface area contributed by atoms with E-state index >= 15 is 0 Å². The molecule has 2 aliphatic rings. The molecule has 4 atom stereocenters. The van der Waals surface area contributed by atoms with Crippen LogP contribution in [-0.4, -0.2) is 41.8 Å². The molecule has 2 heterocycles. The third kappa shape index (κ3) is 8.17. The van der Waals surface area contributed by atoms with Crippen LogP contribution in [0.1, 0.15) is 73.7 Å². The molecule has 0 aliphatic carbocycles. The van der Waals surface area contributed by atoms with Crippen molar-refractivity contribution in [3.05, 3.63) is 101 Å². The molecule has 0 unspecified atom stereocenters. The number of rotatable bonds is 8. The molecule has 2 aliphatic heterocycles. The summed E-state index contributed by atoms with van der Waals surface area (Å²) < 4.78 is 13.3. The van der Waals surface area contributed by atoms with Gasteiger partial charge in [0.05, 0.1) is 18.8 Å². The summed E-state index contributed by atoms with van der Waals surface area (Å²) in [6.45, 7) is 5.81. The second kappa shape index (κ2) is 14.6. The number of hydrogen-bond acceptors (Lipinski definition) is 5. The molecule has 0 bridgehead atoms. The number of urea groups is 1. The minimum atomic E-state index is -0.519. The van der Waals surface area contributed by atoms with Gasteiger partial charge in [-0.05, 0) is 54.8 Å². The van der Waals surface area contributed by atoms with Crippen molar-refractivity contribution >= 4 is 11.7 Å². The van der Waals surface area contributed by atoms with Crippen LogP contribution < -0.4 is 10.6 Å². The van der Waals surface area contributed by atoms with E-state index in [9.17, 15) is 9.90 Å². The van der Waals surface area contributed by atoms with Gasteiger partial charge in [-0.25, -0.2) is 4.79 Å². The quantitative estimate of drug-likeness (QED) is 0.292. The second-order valence-corrected chi connectivity index (χ2v) is 11.3. The maximum atomic E-state index is 12.4. The number of hydrogen-bond donors (Lipinski definition) is 3. The average molecular weight is 558 g/mol. The molecule has 7 nitrogen and oxygen atoms in total. The molecule has 0 radical (unpaired) electrons. The van der Waals surface area contributed by atoms with E-state index in [4.69, 9.17) is 9.47 Å². The van der Waals surface area contributed by atoms with Gasteiger partial charge in [0.1, 0.15) is 0 Å². The molecule has 2 saturated heterocycles. The Morgan fingerprint density at radius 1 is 0.829 bits per heavy atom. The van der Waals surface area contributed by atoms with Crippen LogP contribution in [0.5, 0.6) is 0 Å². The molecular formula is C34H43N3O4. The number of amides is 2. The monoisotopic (exact) mass is 557 g/mol. The van der Waals surface area contributed by atoms with Gasteiger partial charge in [0.25, 0.3) is 0 Å². The molecule has 0 aromatic heterocycles. The Bertz CT molecular complexity index is 1210. The maximum Gasteiger partial charge on any atom is 0.319 e. The molecular weight excluding hydrogens is 514 g/mol. The Morgan fingerprint density at radius 2 is 1.49 bits per heavy atom. The summed E-state index contributed by atoms with van der Waals surface area (Å²) in [5, 5.41) is 15.3. The molecule has 0 spiro atoms. The first-order valence-corrected chi connectivity index (χ1v) is 15.0. The molecule has 0 saturated carbocycles. The van der Waals surface area contributed by atoms with Crippen LogP contribution in [0.25, 0.3) is 0 Å². The van der Waals surface area contributed by atoms with E-state index in [0.29, 0.717) is 12.2 Å². The molecule has 7 heteroatoms. The van der Waals surface area contributed by atoms with Gasteiger partial charge in [0.15, 0.2) is 6.29 Å². The predicted octanol–water partition coefficient (Wildman–Crippen LogP) is 6.56. The van der Waals surface area contributed by atoms with Crippen molar-refractivity contribution in [1.82, 2.24) is 10.2 Å². The largest absolute Gasteiger partial charge is 0.392 e. The van der Waals surface area contributed by atoms with Crippen LogP contribution in [0.4, 0.5) is 10.5 Å². The van der Waals surface area contributed by atoms with Gasteiger partial charge in [-0.15, -0.1) is 0 Å². The summed E-state index contributed by atoms with van der Waals surface area (Å²) in [6, 6.07) is 25.3. The topological polar surface area (TPSA) is 83.1 Å². The third-order valence-corrected chi connectivity index (χ3v) is 8.25. The van der Waals surface area contributed by atoms with Crippen LogP contribution in [0.3, 0.4) is 0 Å². The first-order chi connectivity index (χ1) is 20.1. The summed E-state index contributed by atoms with van der Waals surface area (Å²) in [5.74, 6) is 0.158. The number of aliphatic hydroxyl groups excluding tert-OH is 1. The number of carbonyl (C=O) groups excluding carboxylic acids is 1. The van der Waals surface area contributed by atoms with Crippen molar-refractivity contribution in [2.75, 3.05) is 25.0 Å². The summed E-state index contributed by atoms with van der Waals surface area (Å²) in [6.07, 6.45) is 5.77. The zero-order chi connectivity index (χ0) is 28.4. The van der Waals surface area contributed by atoms with Gasteiger partial charge < -0.3 is 30.1 Å². The third-order valence-electron chi connectivity index (χ3n) is 8.25. The Hall–Kier alpha value is -3.23.